The van der Waals surface area contributed by atoms with E-state index in [1.807, 2.05) is 0 Å². The Balaban J connectivity index is 3.54. The van der Waals surface area contributed by atoms with Gasteiger partial charge in [-0.05, 0) is 0 Å². The van der Waals surface area contributed by atoms with E-state index in [-0.39, 0.29) is 5.75 Å². The van der Waals surface area contributed by atoms with Gasteiger partial charge < -0.3 is 21.3 Å². The van der Waals surface area contributed by atoms with E-state index in [2.05, 4.69) is 4.74 Å². The van der Waals surface area contributed by atoms with Crippen molar-refractivity contribution in [2.45, 2.75) is 12.1 Å². The second-order valence-electron chi connectivity index (χ2n) is 2.64. The molecule has 0 saturated carbocycles. The van der Waals surface area contributed by atoms with Crippen molar-refractivity contribution in [1.82, 2.24) is 0 Å². The number of hydrogen-bond donors (Lipinski definition) is 3. The van der Waals surface area contributed by atoms with Gasteiger partial charge in [-0.1, -0.05) is 21.6 Å². The fourth-order valence-corrected chi connectivity index (χ4v) is 2.75. The molecule has 0 spiro atoms. The average molecular weight is 254 g/mol. The summed E-state index contributed by atoms with van der Waals surface area (Å²) in [5.74, 6) is -0.886. The molecular weight excluding hydrogens is 240 g/mol. The molecule has 0 heterocycles. The lowest BCUT2D eigenvalue weighted by molar-refractivity contribution is -0.141. The zero-order valence-corrected chi connectivity index (χ0v) is 9.85. The van der Waals surface area contributed by atoms with Crippen molar-refractivity contribution in [3.8, 4) is 0 Å². The number of methoxy groups -OCH3 is 1. The number of carboxylic acids is 1. The molecule has 6 nitrogen and oxygen atoms in total. The van der Waals surface area contributed by atoms with Crippen LogP contribution in [0.15, 0.2) is 0 Å². The first-order chi connectivity index (χ1) is 6.99. The van der Waals surface area contributed by atoms with Gasteiger partial charge in [0.15, 0.2) is 0 Å². The standard InChI is InChI=1S/C7H14N2O4S2/c1-13-7(12)5(9)3-15-14-2-4(8)6(10)11/h4-5H,2-3,8-9H2,1H3,(H,10,11)/t4-,5+/m1/s1. The van der Waals surface area contributed by atoms with Crippen LogP contribution < -0.4 is 11.5 Å². The first-order valence-corrected chi connectivity index (χ1v) is 6.54. The number of carbonyl (C=O) groups excluding carboxylic acids is 1. The molecule has 0 aromatic rings. The first-order valence-electron chi connectivity index (χ1n) is 4.05. The maximum atomic E-state index is 10.9. The summed E-state index contributed by atoms with van der Waals surface area (Å²) < 4.78 is 4.42. The molecule has 0 aliphatic heterocycles. The van der Waals surface area contributed by atoms with Gasteiger partial charge in [-0.25, -0.2) is 0 Å². The number of rotatable bonds is 7. The van der Waals surface area contributed by atoms with Crippen LogP contribution in [-0.4, -0.2) is 47.7 Å². The van der Waals surface area contributed by atoms with Crippen LogP contribution >= 0.6 is 21.6 Å². The van der Waals surface area contributed by atoms with Crippen LogP contribution in [0.4, 0.5) is 0 Å². The lowest BCUT2D eigenvalue weighted by Gasteiger charge is -2.09. The normalized spacial score (nSPS) is 14.3. The molecule has 5 N–H and O–H groups in total. The maximum absolute atomic E-state index is 10.9. The van der Waals surface area contributed by atoms with E-state index < -0.39 is 24.0 Å². The Labute approximate surface area is 95.5 Å². The van der Waals surface area contributed by atoms with E-state index in [4.69, 9.17) is 16.6 Å². The van der Waals surface area contributed by atoms with Crippen molar-refractivity contribution in [1.29, 1.82) is 0 Å². The van der Waals surface area contributed by atoms with Crippen molar-refractivity contribution in [3.05, 3.63) is 0 Å². The van der Waals surface area contributed by atoms with E-state index in [9.17, 15) is 9.59 Å². The second-order valence-corrected chi connectivity index (χ2v) is 5.20. The quantitative estimate of drug-likeness (QED) is 0.310. The van der Waals surface area contributed by atoms with Crippen molar-refractivity contribution in [2.24, 2.45) is 11.5 Å². The summed E-state index contributed by atoms with van der Waals surface area (Å²) in [6.07, 6.45) is 0. The third kappa shape index (κ3) is 6.61. The van der Waals surface area contributed by atoms with E-state index in [0.717, 1.165) is 0 Å². The minimum atomic E-state index is -1.04. The molecule has 0 aliphatic carbocycles. The largest absolute Gasteiger partial charge is 0.480 e. The number of aliphatic carboxylic acids is 1. The number of ether oxygens (including phenoxy) is 1. The lowest BCUT2D eigenvalue weighted by Crippen LogP contribution is -2.34. The molecule has 15 heavy (non-hydrogen) atoms. The zero-order chi connectivity index (χ0) is 11.8. The van der Waals surface area contributed by atoms with E-state index in [1.165, 1.54) is 28.7 Å². The molecule has 8 heteroatoms. The highest BCUT2D eigenvalue weighted by Gasteiger charge is 2.15. The van der Waals surface area contributed by atoms with Crippen LogP contribution in [0.3, 0.4) is 0 Å². The fourth-order valence-electron chi connectivity index (χ4n) is 0.534. The molecule has 0 saturated heterocycles. The number of carboxylic acid groups (broad SMARTS) is 1. The molecule has 0 rings (SSSR count). The van der Waals surface area contributed by atoms with Crippen LogP contribution in [0.5, 0.6) is 0 Å². The maximum Gasteiger partial charge on any atom is 0.323 e. The van der Waals surface area contributed by atoms with Crippen LogP contribution in [0.25, 0.3) is 0 Å². The summed E-state index contributed by atoms with van der Waals surface area (Å²) in [6, 6.07) is -1.58. The molecule has 0 bridgehead atoms. The Kier molecular flexibility index (Phi) is 7.57. The molecule has 0 unspecified atom stereocenters. The Morgan fingerprint density at radius 2 is 1.73 bits per heavy atom. The monoisotopic (exact) mass is 254 g/mol. The Morgan fingerprint density at radius 1 is 1.27 bits per heavy atom. The van der Waals surface area contributed by atoms with Crippen LogP contribution in [-0.2, 0) is 14.3 Å². The van der Waals surface area contributed by atoms with Crippen molar-refractivity contribution >= 4 is 33.5 Å². The van der Waals surface area contributed by atoms with Crippen LogP contribution in [0.1, 0.15) is 0 Å². The fraction of sp³-hybridized carbons (Fsp3) is 0.714. The third-order valence-corrected chi connectivity index (χ3v) is 3.87. The summed E-state index contributed by atoms with van der Waals surface area (Å²) in [5, 5.41) is 8.47. The van der Waals surface area contributed by atoms with Crippen LogP contribution in [0, 0.1) is 0 Å². The molecule has 0 aromatic heterocycles. The van der Waals surface area contributed by atoms with Gasteiger partial charge in [-0.3, -0.25) is 9.59 Å². The van der Waals surface area contributed by atoms with Gasteiger partial charge in [0.1, 0.15) is 12.1 Å². The highest BCUT2D eigenvalue weighted by Crippen LogP contribution is 2.22. The molecule has 0 amide bonds. The summed E-state index contributed by atoms with van der Waals surface area (Å²) >= 11 is 0. The highest BCUT2D eigenvalue weighted by molar-refractivity contribution is 8.76. The summed E-state index contributed by atoms with van der Waals surface area (Å²) in [6.45, 7) is 0. The SMILES string of the molecule is COC(=O)[C@@H](N)CSSC[C@@H](N)C(=O)O. The summed E-state index contributed by atoms with van der Waals surface area (Å²) in [4.78, 5) is 21.2. The Hall–Kier alpha value is -0.440. The molecule has 0 fully saturated rings. The van der Waals surface area contributed by atoms with Crippen molar-refractivity contribution in [2.75, 3.05) is 18.6 Å². The molecule has 0 radical (unpaired) electrons. The van der Waals surface area contributed by atoms with Gasteiger partial charge in [-0.2, -0.15) is 0 Å². The number of carbonyl (C=O) groups is 2. The van der Waals surface area contributed by atoms with Gasteiger partial charge in [0, 0.05) is 11.5 Å². The summed E-state index contributed by atoms with van der Waals surface area (Å²) in [7, 11) is 3.83. The van der Waals surface area contributed by atoms with Gasteiger partial charge in [0.2, 0.25) is 0 Å². The predicted octanol–water partition coefficient (Wildman–Crippen LogP) is -0.720. The third-order valence-electron chi connectivity index (χ3n) is 1.40. The smallest absolute Gasteiger partial charge is 0.323 e. The van der Waals surface area contributed by atoms with Crippen molar-refractivity contribution < 1.29 is 19.4 Å². The topological polar surface area (TPSA) is 116 Å². The summed E-state index contributed by atoms with van der Waals surface area (Å²) in [5.41, 5.74) is 10.7. The Morgan fingerprint density at radius 3 is 2.13 bits per heavy atom. The van der Waals surface area contributed by atoms with E-state index in [1.54, 1.807) is 0 Å². The molecule has 0 aliphatic rings. The van der Waals surface area contributed by atoms with E-state index >= 15 is 0 Å². The lowest BCUT2D eigenvalue weighted by atomic mass is 10.4. The Bertz CT molecular complexity index is 227. The van der Waals surface area contributed by atoms with Gasteiger partial charge >= 0.3 is 11.9 Å². The zero-order valence-electron chi connectivity index (χ0n) is 8.21. The molecule has 2 atom stereocenters. The van der Waals surface area contributed by atoms with Gasteiger partial charge in [0.05, 0.1) is 7.11 Å². The second kappa shape index (κ2) is 7.80. The number of nitrogens with two attached hydrogens (primary N) is 2. The van der Waals surface area contributed by atoms with Crippen molar-refractivity contribution in [3.63, 3.8) is 0 Å². The molecule has 0 aromatic carbocycles. The van der Waals surface area contributed by atoms with Gasteiger partial charge in [0.25, 0.3) is 0 Å². The van der Waals surface area contributed by atoms with Gasteiger partial charge in [-0.15, -0.1) is 0 Å². The highest BCUT2D eigenvalue weighted by atomic mass is 33.1. The molecular formula is C7H14N2O4S2. The number of esters is 1. The van der Waals surface area contributed by atoms with E-state index in [0.29, 0.717) is 5.75 Å². The average Bonchev–Trinajstić information content (AvgIpc) is 2.22. The minimum Gasteiger partial charge on any atom is -0.480 e. The minimum absolute atomic E-state index is 0.272. The molecule has 88 valence electrons. The first kappa shape index (κ1) is 14.6. The number of hydrogen-bond acceptors (Lipinski definition) is 7. The predicted molar refractivity (Wildman–Crippen MR) is 60.5 cm³/mol. The van der Waals surface area contributed by atoms with Crippen LogP contribution in [0.2, 0.25) is 0 Å².